The summed E-state index contributed by atoms with van der Waals surface area (Å²) in [5.41, 5.74) is 0. The summed E-state index contributed by atoms with van der Waals surface area (Å²) in [7, 11) is -3.61. The van der Waals surface area contributed by atoms with Crippen molar-refractivity contribution in [1.82, 2.24) is 9.59 Å². The molecular weight excluding hydrogens is 212 g/mol. The second-order valence-electron chi connectivity index (χ2n) is 2.20. The van der Waals surface area contributed by atoms with Crippen LogP contribution >= 0.6 is 11.5 Å². The molecule has 1 heterocycles. The second kappa shape index (κ2) is 3.68. The van der Waals surface area contributed by atoms with Crippen molar-refractivity contribution in [2.45, 2.75) is 12.2 Å². The van der Waals surface area contributed by atoms with Crippen molar-refractivity contribution in [3.05, 3.63) is 6.20 Å². The Balaban J connectivity index is 2.81. The summed E-state index contributed by atoms with van der Waals surface area (Å²) in [4.78, 5) is 0. The lowest BCUT2D eigenvalue weighted by molar-refractivity contribution is 0.597. The van der Waals surface area contributed by atoms with Gasteiger partial charge in [0.2, 0.25) is 10.0 Å². The average Bonchev–Trinajstić information content (AvgIpc) is 2.54. The van der Waals surface area contributed by atoms with Crippen LogP contribution in [0.15, 0.2) is 6.20 Å². The summed E-state index contributed by atoms with van der Waals surface area (Å²) in [5.74, 6) is 0. The fourth-order valence-electron chi connectivity index (χ4n) is 0.510. The Morgan fingerprint density at radius 1 is 1.77 bits per heavy atom. The quantitative estimate of drug-likeness (QED) is 0.781. The molecule has 0 amide bonds. The Morgan fingerprint density at radius 2 is 2.46 bits per heavy atom. The lowest BCUT2D eigenvalue weighted by Crippen LogP contribution is -2.23. The number of rotatable bonds is 3. The van der Waals surface area contributed by atoms with Crippen LogP contribution < -0.4 is 4.72 Å². The van der Waals surface area contributed by atoms with Crippen LogP contribution in [0.25, 0.3) is 0 Å². The minimum atomic E-state index is -3.61. The first kappa shape index (κ1) is 9.88. The summed E-state index contributed by atoms with van der Waals surface area (Å²) in [6.07, 6.45) is 1.28. The molecule has 1 N–H and O–H groups in total. The molecule has 0 bridgehead atoms. The molecule has 0 aliphatic heterocycles. The predicted octanol–water partition coefficient (Wildman–Crippen LogP) is 0.192. The van der Waals surface area contributed by atoms with E-state index in [1.165, 1.54) is 13.1 Å². The molecule has 0 saturated heterocycles. The predicted molar refractivity (Wildman–Crippen MR) is 47.5 cm³/mol. The van der Waals surface area contributed by atoms with E-state index < -0.39 is 15.3 Å². The van der Waals surface area contributed by atoms with Gasteiger partial charge < -0.3 is 0 Å². The molecule has 1 rings (SSSR count). The number of nitriles is 1. The number of nitrogens with one attached hydrogen (secondary N) is 1. The van der Waals surface area contributed by atoms with Crippen LogP contribution in [-0.4, -0.2) is 23.3 Å². The zero-order chi connectivity index (χ0) is 9.90. The molecule has 0 aromatic carbocycles. The van der Waals surface area contributed by atoms with E-state index in [2.05, 4.69) is 14.3 Å². The zero-order valence-corrected chi connectivity index (χ0v) is 8.26. The van der Waals surface area contributed by atoms with Crippen LogP contribution in [0.5, 0.6) is 0 Å². The number of hydrogen-bond donors (Lipinski definition) is 1. The number of aromatic nitrogens is 2. The standard InChI is InChI=1S/C5H6N4O2S2/c1-4(2-6)13(10,11)8-5-3-7-9-12-5/h3-4,8H,1H3. The van der Waals surface area contributed by atoms with Crippen molar-refractivity contribution in [3.8, 4) is 6.07 Å². The maximum atomic E-state index is 11.2. The average molecular weight is 218 g/mol. The van der Waals surface area contributed by atoms with E-state index in [4.69, 9.17) is 5.26 Å². The topological polar surface area (TPSA) is 95.7 Å². The van der Waals surface area contributed by atoms with Gasteiger partial charge in [0.05, 0.1) is 12.3 Å². The minimum absolute atomic E-state index is 0.308. The highest BCUT2D eigenvalue weighted by Gasteiger charge is 2.20. The van der Waals surface area contributed by atoms with Gasteiger partial charge in [-0.15, -0.1) is 5.10 Å². The van der Waals surface area contributed by atoms with Crippen LogP contribution in [0.4, 0.5) is 5.00 Å². The summed E-state index contributed by atoms with van der Waals surface area (Å²) in [5, 5.41) is 11.1. The molecule has 8 heteroatoms. The van der Waals surface area contributed by atoms with Gasteiger partial charge in [-0.3, -0.25) is 4.72 Å². The van der Waals surface area contributed by atoms with Gasteiger partial charge in [-0.1, -0.05) is 4.49 Å². The molecule has 6 nitrogen and oxygen atoms in total. The normalized spacial score (nSPS) is 13.2. The Bertz CT molecular complexity index is 404. The van der Waals surface area contributed by atoms with E-state index in [0.717, 1.165) is 11.5 Å². The molecule has 70 valence electrons. The van der Waals surface area contributed by atoms with E-state index in [9.17, 15) is 8.42 Å². The van der Waals surface area contributed by atoms with Crippen molar-refractivity contribution in [3.63, 3.8) is 0 Å². The maximum absolute atomic E-state index is 11.2. The molecule has 0 spiro atoms. The lowest BCUT2D eigenvalue weighted by Gasteiger charge is -2.04. The van der Waals surface area contributed by atoms with Gasteiger partial charge >= 0.3 is 0 Å². The minimum Gasteiger partial charge on any atom is -0.271 e. The zero-order valence-electron chi connectivity index (χ0n) is 6.63. The van der Waals surface area contributed by atoms with Crippen molar-refractivity contribution >= 4 is 26.6 Å². The van der Waals surface area contributed by atoms with Crippen molar-refractivity contribution in [2.24, 2.45) is 0 Å². The Hall–Kier alpha value is -1.20. The van der Waals surface area contributed by atoms with E-state index in [-0.39, 0.29) is 0 Å². The van der Waals surface area contributed by atoms with E-state index >= 15 is 0 Å². The monoisotopic (exact) mass is 218 g/mol. The van der Waals surface area contributed by atoms with Crippen LogP contribution in [-0.2, 0) is 10.0 Å². The third-order valence-electron chi connectivity index (χ3n) is 1.25. The van der Waals surface area contributed by atoms with Crippen LogP contribution in [0.3, 0.4) is 0 Å². The first-order valence-corrected chi connectivity index (χ1v) is 5.57. The molecule has 1 atom stereocenters. The van der Waals surface area contributed by atoms with Gasteiger partial charge in [0.1, 0.15) is 5.00 Å². The highest BCUT2D eigenvalue weighted by Crippen LogP contribution is 2.13. The Labute approximate surface area is 79.4 Å². The largest absolute Gasteiger partial charge is 0.271 e. The molecule has 1 aromatic rings. The van der Waals surface area contributed by atoms with E-state index in [1.54, 1.807) is 6.07 Å². The highest BCUT2D eigenvalue weighted by atomic mass is 32.2. The SMILES string of the molecule is CC(C#N)S(=O)(=O)Nc1cnns1. The van der Waals surface area contributed by atoms with Crippen molar-refractivity contribution in [2.75, 3.05) is 4.72 Å². The molecular formula is C5H6N4O2S2. The molecule has 0 fully saturated rings. The third kappa shape index (κ3) is 2.37. The van der Waals surface area contributed by atoms with Gasteiger partial charge in [-0.25, -0.2) is 8.42 Å². The molecule has 1 unspecified atom stereocenters. The first-order valence-electron chi connectivity index (χ1n) is 3.25. The molecule has 0 radical (unpaired) electrons. The highest BCUT2D eigenvalue weighted by molar-refractivity contribution is 7.93. The lowest BCUT2D eigenvalue weighted by atomic mass is 10.5. The Kier molecular flexibility index (Phi) is 2.79. The molecule has 0 aliphatic carbocycles. The van der Waals surface area contributed by atoms with Gasteiger partial charge in [0, 0.05) is 11.5 Å². The number of sulfonamides is 1. The third-order valence-corrected chi connectivity index (χ3v) is 3.50. The summed E-state index contributed by atoms with van der Waals surface area (Å²) in [6, 6.07) is 1.63. The molecule has 13 heavy (non-hydrogen) atoms. The summed E-state index contributed by atoms with van der Waals surface area (Å²) in [6.45, 7) is 1.30. The second-order valence-corrected chi connectivity index (χ2v) is 4.99. The fraction of sp³-hybridized carbons (Fsp3) is 0.400. The van der Waals surface area contributed by atoms with E-state index in [0.29, 0.717) is 5.00 Å². The van der Waals surface area contributed by atoms with Gasteiger partial charge in [0.25, 0.3) is 0 Å². The van der Waals surface area contributed by atoms with Crippen LogP contribution in [0, 0.1) is 11.3 Å². The van der Waals surface area contributed by atoms with Gasteiger partial charge in [0.15, 0.2) is 5.25 Å². The van der Waals surface area contributed by atoms with Crippen LogP contribution in [0.1, 0.15) is 6.92 Å². The number of nitrogens with zero attached hydrogens (tertiary/aromatic N) is 3. The van der Waals surface area contributed by atoms with E-state index in [1.807, 2.05) is 0 Å². The maximum Gasteiger partial charge on any atom is 0.249 e. The summed E-state index contributed by atoms with van der Waals surface area (Å²) < 4.78 is 28.2. The first-order chi connectivity index (χ1) is 6.06. The van der Waals surface area contributed by atoms with Crippen molar-refractivity contribution in [1.29, 1.82) is 5.26 Å². The Morgan fingerprint density at radius 3 is 2.92 bits per heavy atom. The smallest absolute Gasteiger partial charge is 0.249 e. The molecule has 0 saturated carbocycles. The summed E-state index contributed by atoms with van der Waals surface area (Å²) >= 11 is 0.917. The van der Waals surface area contributed by atoms with Gasteiger partial charge in [-0.05, 0) is 6.92 Å². The number of hydrogen-bond acceptors (Lipinski definition) is 6. The fourth-order valence-corrected chi connectivity index (χ4v) is 1.93. The van der Waals surface area contributed by atoms with Crippen LogP contribution in [0.2, 0.25) is 0 Å². The number of anilines is 1. The van der Waals surface area contributed by atoms with Gasteiger partial charge in [-0.2, -0.15) is 5.26 Å². The molecule has 1 aromatic heterocycles. The van der Waals surface area contributed by atoms with Crippen molar-refractivity contribution < 1.29 is 8.42 Å². The molecule has 0 aliphatic rings.